The van der Waals surface area contributed by atoms with Gasteiger partial charge in [-0.15, -0.1) is 11.8 Å². The van der Waals surface area contributed by atoms with Crippen LogP contribution in [-0.4, -0.2) is 4.75 Å². The number of halogens is 2. The molecule has 0 nitrogen and oxygen atoms in total. The molecule has 1 saturated carbocycles. The molecule has 2 aliphatic rings. The van der Waals surface area contributed by atoms with E-state index in [4.69, 9.17) is 0 Å². The first kappa shape index (κ1) is 11.3. The van der Waals surface area contributed by atoms with Crippen LogP contribution in [0.2, 0.25) is 0 Å². The summed E-state index contributed by atoms with van der Waals surface area (Å²) in [5.41, 5.74) is 1.09. The highest BCUT2D eigenvalue weighted by Gasteiger charge is 2.47. The van der Waals surface area contributed by atoms with Crippen LogP contribution in [0.1, 0.15) is 37.2 Å². The molecule has 1 heterocycles. The highest BCUT2D eigenvalue weighted by Crippen LogP contribution is 2.61. The van der Waals surface area contributed by atoms with E-state index in [1.54, 1.807) is 0 Å². The Morgan fingerprint density at radius 1 is 1.24 bits per heavy atom. The number of hydrogen-bond acceptors (Lipinski definition) is 1. The maximum atomic E-state index is 12.7. The number of thioether (sulfide) groups is 1. The normalized spacial score (nSPS) is 24.9. The molecular formula is C14H14F2S. The molecule has 1 atom stereocenters. The minimum Gasteiger partial charge on any atom is -0.174 e. The molecule has 90 valence electrons. The fourth-order valence-corrected chi connectivity index (χ4v) is 4.86. The third-order valence-corrected chi connectivity index (χ3v) is 5.54. The van der Waals surface area contributed by atoms with Crippen molar-refractivity contribution in [2.45, 2.75) is 41.2 Å². The minimum atomic E-state index is -1.54. The van der Waals surface area contributed by atoms with Crippen molar-refractivity contribution in [1.29, 1.82) is 0 Å². The summed E-state index contributed by atoms with van der Waals surface area (Å²) in [6.07, 6.45) is 4.07. The zero-order valence-electron chi connectivity index (χ0n) is 9.46. The molecule has 0 saturated heterocycles. The van der Waals surface area contributed by atoms with Crippen molar-refractivity contribution in [3.05, 3.63) is 42.0 Å². The molecule has 17 heavy (non-hydrogen) atoms. The van der Waals surface area contributed by atoms with Crippen LogP contribution in [0.15, 0.2) is 41.3 Å². The van der Waals surface area contributed by atoms with Gasteiger partial charge in [0.1, 0.15) is 0 Å². The van der Waals surface area contributed by atoms with Gasteiger partial charge in [-0.05, 0) is 30.5 Å². The Morgan fingerprint density at radius 3 is 2.65 bits per heavy atom. The van der Waals surface area contributed by atoms with E-state index < -0.39 is 6.08 Å². The second-order valence-electron chi connectivity index (χ2n) is 4.85. The standard InChI is InChI=1S/C14H14F2S/c15-13(16)9-11-10-5-1-2-6-12(10)17-14(11)7-3-4-8-14/h1-2,5-6,9,11H,3-4,7-8H2. The monoisotopic (exact) mass is 252 g/mol. The highest BCUT2D eigenvalue weighted by atomic mass is 32.2. The van der Waals surface area contributed by atoms with Gasteiger partial charge in [0.2, 0.25) is 0 Å². The maximum Gasteiger partial charge on any atom is 0.267 e. The summed E-state index contributed by atoms with van der Waals surface area (Å²) in [4.78, 5) is 1.19. The van der Waals surface area contributed by atoms with E-state index in [1.807, 2.05) is 30.0 Å². The number of rotatable bonds is 1. The third-order valence-electron chi connectivity index (χ3n) is 3.88. The van der Waals surface area contributed by atoms with Gasteiger partial charge < -0.3 is 0 Å². The Kier molecular flexibility index (Phi) is 2.74. The third kappa shape index (κ3) is 1.81. The summed E-state index contributed by atoms with van der Waals surface area (Å²) >= 11 is 1.82. The number of hydrogen-bond donors (Lipinski definition) is 0. The zero-order chi connectivity index (χ0) is 11.9. The van der Waals surface area contributed by atoms with E-state index in [-0.39, 0.29) is 10.7 Å². The van der Waals surface area contributed by atoms with Crippen LogP contribution in [-0.2, 0) is 0 Å². The predicted octanol–water partition coefficient (Wildman–Crippen LogP) is 4.97. The SMILES string of the molecule is FC(F)=CC1c2ccccc2SC12CCCC2. The highest BCUT2D eigenvalue weighted by molar-refractivity contribution is 8.01. The average molecular weight is 252 g/mol. The quantitative estimate of drug-likeness (QED) is 0.680. The van der Waals surface area contributed by atoms with E-state index in [2.05, 4.69) is 6.07 Å². The van der Waals surface area contributed by atoms with Crippen LogP contribution in [0.5, 0.6) is 0 Å². The van der Waals surface area contributed by atoms with E-state index in [0.29, 0.717) is 0 Å². The Bertz CT molecular complexity index is 457. The van der Waals surface area contributed by atoms with Crippen molar-refractivity contribution in [2.75, 3.05) is 0 Å². The molecule has 1 aromatic rings. The molecule has 1 unspecified atom stereocenters. The molecule has 0 amide bonds. The molecular weight excluding hydrogens is 238 g/mol. The molecule has 0 radical (unpaired) electrons. The van der Waals surface area contributed by atoms with E-state index in [9.17, 15) is 8.78 Å². The Labute approximate surface area is 104 Å². The van der Waals surface area contributed by atoms with Gasteiger partial charge in [-0.25, -0.2) is 0 Å². The van der Waals surface area contributed by atoms with Gasteiger partial charge in [0.15, 0.2) is 0 Å². The Morgan fingerprint density at radius 2 is 1.94 bits per heavy atom. The fourth-order valence-electron chi connectivity index (χ4n) is 3.15. The second kappa shape index (κ2) is 4.13. The van der Waals surface area contributed by atoms with Crippen LogP contribution >= 0.6 is 11.8 Å². The average Bonchev–Trinajstić information content (AvgIpc) is 2.87. The van der Waals surface area contributed by atoms with Crippen molar-refractivity contribution < 1.29 is 8.78 Å². The largest absolute Gasteiger partial charge is 0.267 e. The molecule has 1 aliphatic heterocycles. The van der Waals surface area contributed by atoms with Crippen LogP contribution in [0, 0.1) is 0 Å². The van der Waals surface area contributed by atoms with Gasteiger partial charge in [0.25, 0.3) is 6.08 Å². The summed E-state index contributed by atoms with van der Waals surface area (Å²) in [5, 5.41) is 0. The first-order valence-corrected chi connectivity index (χ1v) is 6.84. The van der Waals surface area contributed by atoms with Gasteiger partial charge in [-0.1, -0.05) is 31.0 Å². The number of benzene rings is 1. The summed E-state index contributed by atoms with van der Waals surface area (Å²) < 4.78 is 25.3. The Hall–Kier alpha value is -0.830. The fraction of sp³-hybridized carbons (Fsp3) is 0.429. The van der Waals surface area contributed by atoms with Crippen molar-refractivity contribution in [2.24, 2.45) is 0 Å². The zero-order valence-corrected chi connectivity index (χ0v) is 10.3. The van der Waals surface area contributed by atoms with Crippen LogP contribution < -0.4 is 0 Å². The van der Waals surface area contributed by atoms with Crippen molar-refractivity contribution in [3.63, 3.8) is 0 Å². The molecule has 0 bridgehead atoms. The lowest BCUT2D eigenvalue weighted by atomic mass is 9.84. The topological polar surface area (TPSA) is 0 Å². The lowest BCUT2D eigenvalue weighted by molar-refractivity contribution is 0.407. The smallest absolute Gasteiger partial charge is 0.174 e. The number of fused-ring (bicyclic) bond motifs is 1. The second-order valence-corrected chi connectivity index (χ2v) is 6.30. The lowest BCUT2D eigenvalue weighted by Crippen LogP contribution is -2.23. The first-order valence-electron chi connectivity index (χ1n) is 6.02. The molecule has 1 fully saturated rings. The van der Waals surface area contributed by atoms with E-state index in [0.717, 1.165) is 18.4 Å². The first-order chi connectivity index (χ1) is 8.21. The predicted molar refractivity (Wildman–Crippen MR) is 66.5 cm³/mol. The van der Waals surface area contributed by atoms with Gasteiger partial charge in [-0.2, -0.15) is 8.78 Å². The van der Waals surface area contributed by atoms with Crippen LogP contribution in [0.4, 0.5) is 8.78 Å². The molecule has 1 spiro atoms. The van der Waals surface area contributed by atoms with Crippen molar-refractivity contribution >= 4 is 11.8 Å². The summed E-state index contributed by atoms with van der Waals surface area (Å²) in [6, 6.07) is 8.00. The molecule has 1 aliphatic carbocycles. The molecule has 0 aromatic heterocycles. The minimum absolute atomic E-state index is 0.00706. The summed E-state index contributed by atoms with van der Waals surface area (Å²) in [6.45, 7) is 0. The molecule has 3 rings (SSSR count). The van der Waals surface area contributed by atoms with Gasteiger partial charge in [-0.3, -0.25) is 0 Å². The van der Waals surface area contributed by atoms with Crippen LogP contribution in [0.3, 0.4) is 0 Å². The molecule has 0 N–H and O–H groups in total. The van der Waals surface area contributed by atoms with Crippen LogP contribution in [0.25, 0.3) is 0 Å². The Balaban J connectivity index is 2.07. The van der Waals surface area contributed by atoms with Crippen molar-refractivity contribution in [3.8, 4) is 0 Å². The molecule has 1 aromatic carbocycles. The van der Waals surface area contributed by atoms with E-state index >= 15 is 0 Å². The van der Waals surface area contributed by atoms with Gasteiger partial charge in [0.05, 0.1) is 0 Å². The lowest BCUT2D eigenvalue weighted by Gasteiger charge is -2.27. The maximum absolute atomic E-state index is 12.7. The van der Waals surface area contributed by atoms with E-state index in [1.165, 1.54) is 23.8 Å². The van der Waals surface area contributed by atoms with Gasteiger partial charge in [0, 0.05) is 15.6 Å². The summed E-state index contributed by atoms with van der Waals surface area (Å²) in [7, 11) is 0. The van der Waals surface area contributed by atoms with Gasteiger partial charge >= 0.3 is 0 Å². The number of allylic oxidation sites excluding steroid dienone is 1. The van der Waals surface area contributed by atoms with Crippen molar-refractivity contribution in [1.82, 2.24) is 0 Å². The summed E-state index contributed by atoms with van der Waals surface area (Å²) in [5.74, 6) is -0.101. The molecule has 3 heteroatoms.